The number of ether oxygens (including phenoxy) is 1. The van der Waals surface area contributed by atoms with Crippen molar-refractivity contribution in [3.63, 3.8) is 0 Å². The first kappa shape index (κ1) is 14.9. The van der Waals surface area contributed by atoms with Gasteiger partial charge in [-0.15, -0.1) is 0 Å². The van der Waals surface area contributed by atoms with Gasteiger partial charge in [0.2, 0.25) is 5.88 Å². The van der Waals surface area contributed by atoms with Crippen LogP contribution in [-0.4, -0.2) is 34.3 Å². The van der Waals surface area contributed by atoms with Crippen LogP contribution < -0.4 is 10.1 Å². The first-order valence-electron chi connectivity index (χ1n) is 6.09. The number of nitrogens with zero attached hydrogens (tertiary/aromatic N) is 2. The Bertz CT molecular complexity index is 386. The fraction of sp³-hybridized carbons (Fsp3) is 0.692. The lowest BCUT2D eigenvalue weighted by molar-refractivity contribution is 0.0386. The summed E-state index contributed by atoms with van der Waals surface area (Å²) in [6.45, 7) is 8.68. The summed E-state index contributed by atoms with van der Waals surface area (Å²) in [4.78, 5) is 8.23. The van der Waals surface area contributed by atoms with Crippen LogP contribution in [0.4, 0.5) is 0 Å². The average Bonchev–Trinajstić information content (AvgIpc) is 2.27. The molecule has 0 aliphatic rings. The lowest BCUT2D eigenvalue weighted by Gasteiger charge is -2.27. The Kier molecular flexibility index (Phi) is 4.65. The number of aromatic nitrogens is 2. The molecule has 1 heterocycles. The molecule has 0 fully saturated rings. The van der Waals surface area contributed by atoms with Crippen LogP contribution in [0.15, 0.2) is 12.4 Å². The van der Waals surface area contributed by atoms with Crippen molar-refractivity contribution in [2.24, 2.45) is 0 Å². The number of hydrogen-bond acceptors (Lipinski definition) is 5. The molecule has 0 aliphatic carbocycles. The van der Waals surface area contributed by atoms with Crippen LogP contribution in [0.5, 0.6) is 5.88 Å². The molecule has 0 spiro atoms. The van der Waals surface area contributed by atoms with Gasteiger partial charge in [-0.2, -0.15) is 0 Å². The van der Waals surface area contributed by atoms with E-state index in [0.717, 1.165) is 0 Å². The van der Waals surface area contributed by atoms with Gasteiger partial charge in [-0.05, 0) is 40.7 Å². The van der Waals surface area contributed by atoms with E-state index in [4.69, 9.17) is 4.74 Å². The second-order valence-electron chi connectivity index (χ2n) is 5.61. The Morgan fingerprint density at radius 3 is 2.39 bits per heavy atom. The summed E-state index contributed by atoms with van der Waals surface area (Å²) in [7, 11) is 1.52. The highest BCUT2D eigenvalue weighted by atomic mass is 16.5. The van der Waals surface area contributed by atoms with E-state index in [1.54, 1.807) is 19.3 Å². The highest BCUT2D eigenvalue weighted by Gasteiger charge is 2.29. The molecule has 5 nitrogen and oxygen atoms in total. The molecule has 0 bridgehead atoms. The van der Waals surface area contributed by atoms with Gasteiger partial charge >= 0.3 is 0 Å². The minimum atomic E-state index is -1.06. The highest BCUT2D eigenvalue weighted by molar-refractivity contribution is 5.23. The van der Waals surface area contributed by atoms with E-state index < -0.39 is 5.60 Å². The van der Waals surface area contributed by atoms with E-state index in [-0.39, 0.29) is 5.54 Å². The zero-order chi connectivity index (χ0) is 13.8. The van der Waals surface area contributed by atoms with Gasteiger partial charge in [-0.1, -0.05) is 0 Å². The van der Waals surface area contributed by atoms with Crippen molar-refractivity contribution < 1.29 is 9.84 Å². The number of hydrogen-bond donors (Lipinski definition) is 2. The molecule has 0 aliphatic heterocycles. The number of rotatable bonds is 5. The molecule has 0 saturated heterocycles. The van der Waals surface area contributed by atoms with Crippen LogP contribution in [0, 0.1) is 0 Å². The summed E-state index contributed by atoms with van der Waals surface area (Å²) in [5.74, 6) is 0.373. The molecule has 2 N–H and O–H groups in total. The van der Waals surface area contributed by atoms with E-state index in [9.17, 15) is 5.11 Å². The molecular formula is C13H23N3O2. The fourth-order valence-electron chi connectivity index (χ4n) is 1.64. The minimum absolute atomic E-state index is 0.0303. The molecule has 1 atom stereocenters. The maximum Gasteiger partial charge on any atom is 0.238 e. The number of methoxy groups -OCH3 is 1. The molecule has 102 valence electrons. The summed E-state index contributed by atoms with van der Waals surface area (Å²) >= 11 is 0. The lowest BCUT2D eigenvalue weighted by Crippen LogP contribution is -2.39. The maximum atomic E-state index is 10.5. The molecule has 1 unspecified atom stereocenters. The van der Waals surface area contributed by atoms with Gasteiger partial charge in [0.05, 0.1) is 7.11 Å². The largest absolute Gasteiger partial charge is 0.480 e. The summed E-state index contributed by atoms with van der Waals surface area (Å²) in [6, 6.07) is 0. The zero-order valence-electron chi connectivity index (χ0n) is 11.8. The Balaban J connectivity index is 2.73. The Labute approximate surface area is 109 Å². The number of nitrogens with one attached hydrogen (secondary N) is 1. The predicted octanol–water partition coefficient (Wildman–Crippen LogP) is 1.47. The van der Waals surface area contributed by atoms with Crippen molar-refractivity contribution in [3.05, 3.63) is 18.1 Å². The van der Waals surface area contributed by atoms with Crippen LogP contribution in [0.25, 0.3) is 0 Å². The van der Waals surface area contributed by atoms with E-state index >= 15 is 0 Å². The summed E-state index contributed by atoms with van der Waals surface area (Å²) < 4.78 is 5.12. The normalized spacial score (nSPS) is 15.2. The van der Waals surface area contributed by atoms with Crippen LogP contribution in [0.1, 0.15) is 39.8 Å². The third kappa shape index (κ3) is 4.23. The van der Waals surface area contributed by atoms with Gasteiger partial charge in [0.15, 0.2) is 0 Å². The van der Waals surface area contributed by atoms with Gasteiger partial charge < -0.3 is 15.2 Å². The van der Waals surface area contributed by atoms with Crippen molar-refractivity contribution >= 4 is 0 Å². The molecule has 5 heteroatoms. The predicted molar refractivity (Wildman–Crippen MR) is 70.5 cm³/mol. The topological polar surface area (TPSA) is 67.3 Å². The molecule has 0 radical (unpaired) electrons. The molecule has 18 heavy (non-hydrogen) atoms. The van der Waals surface area contributed by atoms with Gasteiger partial charge in [-0.3, -0.25) is 4.98 Å². The minimum Gasteiger partial charge on any atom is -0.480 e. The SMILES string of the molecule is COc1nccnc1C(C)(O)CCNC(C)(C)C. The van der Waals surface area contributed by atoms with Crippen molar-refractivity contribution in [3.8, 4) is 5.88 Å². The fourth-order valence-corrected chi connectivity index (χ4v) is 1.64. The molecule has 1 rings (SSSR count). The summed E-state index contributed by atoms with van der Waals surface area (Å²) in [5, 5.41) is 13.8. The van der Waals surface area contributed by atoms with Gasteiger partial charge in [-0.25, -0.2) is 4.98 Å². The number of aliphatic hydroxyl groups is 1. The van der Waals surface area contributed by atoms with E-state index in [2.05, 4.69) is 36.1 Å². The second kappa shape index (κ2) is 5.63. The van der Waals surface area contributed by atoms with Crippen molar-refractivity contribution in [1.82, 2.24) is 15.3 Å². The van der Waals surface area contributed by atoms with Gasteiger partial charge in [0.1, 0.15) is 11.3 Å². The van der Waals surface area contributed by atoms with E-state index in [1.807, 2.05) is 0 Å². The van der Waals surface area contributed by atoms with E-state index in [0.29, 0.717) is 24.5 Å². The quantitative estimate of drug-likeness (QED) is 0.832. The van der Waals surface area contributed by atoms with Crippen LogP contribution in [0.2, 0.25) is 0 Å². The van der Waals surface area contributed by atoms with E-state index in [1.165, 1.54) is 7.11 Å². The maximum absolute atomic E-state index is 10.5. The monoisotopic (exact) mass is 253 g/mol. The summed E-state index contributed by atoms with van der Waals surface area (Å²) in [5.41, 5.74) is -0.552. The van der Waals surface area contributed by atoms with Gasteiger partial charge in [0.25, 0.3) is 0 Å². The Morgan fingerprint density at radius 1 is 1.22 bits per heavy atom. The molecule has 0 amide bonds. The van der Waals surface area contributed by atoms with Crippen molar-refractivity contribution in [2.45, 2.75) is 45.3 Å². The Hall–Kier alpha value is -1.20. The van der Waals surface area contributed by atoms with Crippen molar-refractivity contribution in [1.29, 1.82) is 0 Å². The lowest BCUT2D eigenvalue weighted by atomic mass is 9.97. The third-order valence-corrected chi connectivity index (χ3v) is 2.64. The highest BCUT2D eigenvalue weighted by Crippen LogP contribution is 2.28. The van der Waals surface area contributed by atoms with Gasteiger partial charge in [0, 0.05) is 17.9 Å². The Morgan fingerprint density at radius 2 is 1.83 bits per heavy atom. The molecular weight excluding hydrogens is 230 g/mol. The molecule has 0 saturated carbocycles. The van der Waals surface area contributed by atoms with Crippen LogP contribution in [-0.2, 0) is 5.60 Å². The first-order chi connectivity index (χ1) is 8.26. The second-order valence-corrected chi connectivity index (χ2v) is 5.61. The molecule has 1 aromatic rings. The molecule has 0 aromatic carbocycles. The van der Waals surface area contributed by atoms with Crippen LogP contribution >= 0.6 is 0 Å². The third-order valence-electron chi connectivity index (χ3n) is 2.64. The zero-order valence-corrected chi connectivity index (χ0v) is 11.8. The van der Waals surface area contributed by atoms with Crippen LogP contribution in [0.3, 0.4) is 0 Å². The summed E-state index contributed by atoms with van der Waals surface area (Å²) in [6.07, 6.45) is 3.65. The standard InChI is InChI=1S/C13H23N3O2/c1-12(2,3)16-7-6-13(4,17)10-11(18-5)15-9-8-14-10/h8-9,16-17H,6-7H2,1-5H3. The van der Waals surface area contributed by atoms with Crippen molar-refractivity contribution in [2.75, 3.05) is 13.7 Å². The smallest absolute Gasteiger partial charge is 0.238 e. The molecule has 1 aromatic heterocycles. The first-order valence-corrected chi connectivity index (χ1v) is 6.09. The average molecular weight is 253 g/mol.